The fourth-order valence-corrected chi connectivity index (χ4v) is 8.62. The van der Waals surface area contributed by atoms with E-state index in [2.05, 4.69) is 63.8 Å². The Labute approximate surface area is 190 Å². The monoisotopic (exact) mass is 414 g/mol. The van der Waals surface area contributed by atoms with Gasteiger partial charge in [0.15, 0.2) is 0 Å². The van der Waals surface area contributed by atoms with Crippen molar-refractivity contribution in [3.05, 3.63) is 59.2 Å². The number of benzene rings is 1. The molecule has 0 amide bonds. The lowest BCUT2D eigenvalue weighted by Crippen LogP contribution is -2.47. The van der Waals surface area contributed by atoms with Gasteiger partial charge >= 0.3 is 0 Å². The maximum Gasteiger partial charge on any atom is -0.0105 e. The summed E-state index contributed by atoms with van der Waals surface area (Å²) in [6.07, 6.45) is 23.5. The second kappa shape index (κ2) is 8.09. The number of hydrogen-bond donors (Lipinski definition) is 0. The van der Waals surface area contributed by atoms with Gasteiger partial charge in [0.05, 0.1) is 0 Å². The molecule has 3 saturated carbocycles. The third kappa shape index (κ3) is 3.40. The highest BCUT2D eigenvalue weighted by Gasteiger charge is 2.59. The summed E-state index contributed by atoms with van der Waals surface area (Å²) in [5.41, 5.74) is 6.96. The first-order valence-corrected chi connectivity index (χ1v) is 13.1. The van der Waals surface area contributed by atoms with Crippen molar-refractivity contribution < 1.29 is 0 Å². The molecule has 0 spiro atoms. The van der Waals surface area contributed by atoms with Gasteiger partial charge in [-0.25, -0.2) is 0 Å². The molecular formula is C31H42. The molecule has 0 nitrogen and oxygen atoms in total. The largest absolute Gasteiger partial charge is 0.0984 e. The van der Waals surface area contributed by atoms with Crippen molar-refractivity contribution in [1.29, 1.82) is 0 Å². The molecule has 1 aromatic rings. The number of fused-ring (bicyclic) bond motifs is 4. The van der Waals surface area contributed by atoms with E-state index in [9.17, 15) is 0 Å². The van der Waals surface area contributed by atoms with Crippen LogP contribution in [0.25, 0.3) is 12.2 Å². The Morgan fingerprint density at radius 2 is 1.77 bits per heavy atom. The first-order valence-electron chi connectivity index (χ1n) is 13.1. The summed E-state index contributed by atoms with van der Waals surface area (Å²) in [6.45, 7) is 11.6. The molecule has 3 fully saturated rings. The molecular weight excluding hydrogens is 372 g/mol. The van der Waals surface area contributed by atoms with E-state index in [4.69, 9.17) is 0 Å². The Balaban J connectivity index is 1.47. The van der Waals surface area contributed by atoms with E-state index in [0.29, 0.717) is 16.7 Å². The summed E-state index contributed by atoms with van der Waals surface area (Å²) in [5.74, 6) is 3.30. The Kier molecular flexibility index (Phi) is 5.56. The van der Waals surface area contributed by atoms with Gasteiger partial charge in [0.25, 0.3) is 0 Å². The molecule has 166 valence electrons. The standard InChI is InChI=1S/C31H42/c1-5-9-23-12-13-26(20-22(23)6-2)28-14-15-29-30(3)18-16-24-10-7-8-11-25(24)21-27(30)17-19-31(28,29)4/h5-6,9,12-13,20-21,24,27-29H,2,7-8,10-11,14-19H2,1,3-4H3/b9-5-/t24?,27?,28?,29?,30-,31?/m0/s1. The van der Waals surface area contributed by atoms with Gasteiger partial charge in [-0.15, -0.1) is 0 Å². The average molecular weight is 415 g/mol. The summed E-state index contributed by atoms with van der Waals surface area (Å²) in [4.78, 5) is 0. The predicted molar refractivity (Wildman–Crippen MR) is 135 cm³/mol. The van der Waals surface area contributed by atoms with Crippen molar-refractivity contribution >= 4 is 12.2 Å². The normalized spacial score (nSPS) is 39.9. The van der Waals surface area contributed by atoms with Crippen LogP contribution in [0.4, 0.5) is 0 Å². The van der Waals surface area contributed by atoms with E-state index in [-0.39, 0.29) is 0 Å². The van der Waals surface area contributed by atoms with Crippen LogP contribution in [0.15, 0.2) is 42.5 Å². The van der Waals surface area contributed by atoms with Gasteiger partial charge in [-0.05, 0) is 116 Å². The van der Waals surface area contributed by atoms with E-state index in [1.165, 1.54) is 75.3 Å². The quantitative estimate of drug-likeness (QED) is 0.432. The Hall–Kier alpha value is -1.56. The zero-order valence-corrected chi connectivity index (χ0v) is 20.1. The minimum atomic E-state index is 0.444. The number of rotatable bonds is 3. The highest BCUT2D eigenvalue weighted by atomic mass is 14.6. The smallest absolute Gasteiger partial charge is 0.0105 e. The first-order chi connectivity index (χ1) is 15.0. The minimum absolute atomic E-state index is 0.444. The van der Waals surface area contributed by atoms with Gasteiger partial charge in [-0.1, -0.05) is 74.9 Å². The lowest BCUT2D eigenvalue weighted by molar-refractivity contribution is -0.0326. The Morgan fingerprint density at radius 3 is 2.58 bits per heavy atom. The molecule has 0 heteroatoms. The highest BCUT2D eigenvalue weighted by Crippen LogP contribution is 2.68. The average Bonchev–Trinajstić information content (AvgIpc) is 3.06. The van der Waals surface area contributed by atoms with Crippen LogP contribution in [0.1, 0.15) is 108 Å². The SMILES string of the molecule is C=Cc1cc(C2CCC3C2(C)CCC2C=C4CCCCC4CC[C@@]23C)ccc1/C=C\C. The second-order valence-corrected chi connectivity index (χ2v) is 11.7. The molecule has 0 radical (unpaired) electrons. The van der Waals surface area contributed by atoms with Crippen LogP contribution < -0.4 is 0 Å². The number of allylic oxidation sites excluding steroid dienone is 3. The van der Waals surface area contributed by atoms with Crippen molar-refractivity contribution in [2.75, 3.05) is 0 Å². The van der Waals surface area contributed by atoms with E-state index < -0.39 is 0 Å². The van der Waals surface area contributed by atoms with Crippen molar-refractivity contribution in [2.45, 2.75) is 90.9 Å². The molecule has 4 aliphatic carbocycles. The molecule has 0 aromatic heterocycles. The molecule has 0 saturated heterocycles. The Bertz CT molecular complexity index is 901. The lowest BCUT2D eigenvalue weighted by Gasteiger charge is -2.54. The maximum atomic E-state index is 4.11. The van der Waals surface area contributed by atoms with Crippen LogP contribution in [0.3, 0.4) is 0 Å². The molecule has 4 aliphatic rings. The van der Waals surface area contributed by atoms with Gasteiger partial charge in [-0.2, -0.15) is 0 Å². The summed E-state index contributed by atoms with van der Waals surface area (Å²) in [5, 5.41) is 0. The zero-order valence-electron chi connectivity index (χ0n) is 20.1. The highest BCUT2D eigenvalue weighted by molar-refractivity contribution is 5.65. The van der Waals surface area contributed by atoms with Crippen molar-refractivity contribution in [2.24, 2.45) is 28.6 Å². The first kappa shape index (κ1) is 21.3. The van der Waals surface area contributed by atoms with Crippen molar-refractivity contribution in [1.82, 2.24) is 0 Å². The molecule has 0 bridgehead atoms. The maximum absolute atomic E-state index is 4.11. The molecule has 0 aliphatic heterocycles. The van der Waals surface area contributed by atoms with Gasteiger partial charge in [0, 0.05) is 0 Å². The molecule has 1 aromatic carbocycles. The molecule has 0 heterocycles. The molecule has 0 N–H and O–H groups in total. The van der Waals surface area contributed by atoms with Crippen LogP contribution in [0, 0.1) is 28.6 Å². The van der Waals surface area contributed by atoms with Crippen LogP contribution >= 0.6 is 0 Å². The fraction of sp³-hybridized carbons (Fsp3) is 0.613. The molecule has 5 unspecified atom stereocenters. The van der Waals surface area contributed by atoms with Crippen molar-refractivity contribution in [3.63, 3.8) is 0 Å². The van der Waals surface area contributed by atoms with Crippen LogP contribution in [0.2, 0.25) is 0 Å². The fourth-order valence-electron chi connectivity index (χ4n) is 8.62. The van der Waals surface area contributed by atoms with Gasteiger partial charge < -0.3 is 0 Å². The minimum Gasteiger partial charge on any atom is -0.0984 e. The van der Waals surface area contributed by atoms with Crippen LogP contribution in [-0.2, 0) is 0 Å². The third-order valence-corrected chi connectivity index (χ3v) is 10.3. The zero-order chi connectivity index (χ0) is 21.6. The predicted octanol–water partition coefficient (Wildman–Crippen LogP) is 9.19. The van der Waals surface area contributed by atoms with Gasteiger partial charge in [-0.3, -0.25) is 0 Å². The van der Waals surface area contributed by atoms with E-state index in [1.54, 1.807) is 5.56 Å². The topological polar surface area (TPSA) is 0 Å². The molecule has 5 rings (SSSR count). The summed E-state index contributed by atoms with van der Waals surface area (Å²) < 4.78 is 0. The summed E-state index contributed by atoms with van der Waals surface area (Å²) in [6, 6.07) is 7.22. The van der Waals surface area contributed by atoms with E-state index in [1.807, 2.05) is 11.6 Å². The lowest BCUT2D eigenvalue weighted by atomic mass is 9.50. The van der Waals surface area contributed by atoms with Crippen molar-refractivity contribution in [3.8, 4) is 0 Å². The van der Waals surface area contributed by atoms with Crippen LogP contribution in [-0.4, -0.2) is 0 Å². The van der Waals surface area contributed by atoms with Crippen LogP contribution in [0.5, 0.6) is 0 Å². The summed E-state index contributed by atoms with van der Waals surface area (Å²) in [7, 11) is 0. The van der Waals surface area contributed by atoms with Gasteiger partial charge in [0.2, 0.25) is 0 Å². The number of hydrogen-bond acceptors (Lipinski definition) is 0. The van der Waals surface area contributed by atoms with E-state index in [0.717, 1.165) is 17.8 Å². The summed E-state index contributed by atoms with van der Waals surface area (Å²) >= 11 is 0. The third-order valence-electron chi connectivity index (χ3n) is 10.3. The molecule has 31 heavy (non-hydrogen) atoms. The van der Waals surface area contributed by atoms with Gasteiger partial charge in [0.1, 0.15) is 0 Å². The Morgan fingerprint density at radius 1 is 0.935 bits per heavy atom. The second-order valence-electron chi connectivity index (χ2n) is 11.7. The van der Waals surface area contributed by atoms with E-state index >= 15 is 0 Å². The molecule has 6 atom stereocenters.